The Bertz CT molecular complexity index is 1300. The highest BCUT2D eigenvalue weighted by Gasteiger charge is 2.43. The van der Waals surface area contributed by atoms with Crippen molar-refractivity contribution in [1.29, 1.82) is 0 Å². The van der Waals surface area contributed by atoms with Gasteiger partial charge in [-0.05, 0) is 65.5 Å². The standard InChI is InChI=1S/C32H36IN2P/c1-31(2,3)29(27-19-11-15-23-13-7-9-17-25(23)27)34-21-22-35(36(34)33)30(32(4,5)6)28-20-12-16-24-14-8-10-18-26(24)28/h7-22,29-30H,1-6H3. The third-order valence-electron chi connectivity index (χ3n) is 7.16. The highest BCUT2D eigenvalue weighted by atomic mass is 127. The first-order chi connectivity index (χ1) is 17.1. The minimum atomic E-state index is -0.632. The van der Waals surface area contributed by atoms with E-state index in [1.807, 2.05) is 0 Å². The van der Waals surface area contributed by atoms with E-state index in [-0.39, 0.29) is 22.9 Å². The van der Waals surface area contributed by atoms with Gasteiger partial charge in [0.05, 0.1) is 12.1 Å². The molecule has 0 amide bonds. The third kappa shape index (κ3) is 4.65. The Hall–Kier alpha value is -2.10. The van der Waals surface area contributed by atoms with Gasteiger partial charge in [0.2, 0.25) is 0 Å². The van der Waals surface area contributed by atoms with E-state index in [0.29, 0.717) is 0 Å². The molecule has 0 N–H and O–H groups in total. The second kappa shape index (κ2) is 9.65. The van der Waals surface area contributed by atoms with E-state index < -0.39 is 5.87 Å². The first kappa shape index (κ1) is 25.5. The van der Waals surface area contributed by atoms with Gasteiger partial charge in [0.25, 0.3) is 0 Å². The van der Waals surface area contributed by atoms with Crippen LogP contribution in [0.15, 0.2) is 97.3 Å². The monoisotopic (exact) mass is 606 g/mol. The van der Waals surface area contributed by atoms with Gasteiger partial charge in [-0.1, -0.05) is 126 Å². The number of rotatable bonds is 4. The lowest BCUT2D eigenvalue weighted by Crippen LogP contribution is -2.33. The molecule has 4 aromatic carbocycles. The molecular formula is C32H36IN2P. The van der Waals surface area contributed by atoms with Crippen molar-refractivity contribution in [2.45, 2.75) is 53.6 Å². The summed E-state index contributed by atoms with van der Waals surface area (Å²) in [5, 5.41) is 5.33. The lowest BCUT2D eigenvalue weighted by Gasteiger charge is -2.45. The van der Waals surface area contributed by atoms with Crippen molar-refractivity contribution in [3.63, 3.8) is 0 Å². The Kier molecular flexibility index (Phi) is 6.85. The molecule has 2 atom stereocenters. The van der Waals surface area contributed by atoms with Crippen molar-refractivity contribution < 1.29 is 0 Å². The minimum absolute atomic E-state index is 0.0624. The Morgan fingerprint density at radius 1 is 0.556 bits per heavy atom. The Morgan fingerprint density at radius 3 is 1.31 bits per heavy atom. The number of nitrogens with zero attached hydrogens (tertiary/aromatic N) is 2. The summed E-state index contributed by atoms with van der Waals surface area (Å²) < 4.78 is 5.28. The Labute approximate surface area is 230 Å². The summed E-state index contributed by atoms with van der Waals surface area (Å²) in [7, 11) is 0. The van der Waals surface area contributed by atoms with E-state index in [1.165, 1.54) is 32.7 Å². The van der Waals surface area contributed by atoms with E-state index in [0.717, 1.165) is 0 Å². The number of halogens is 1. The Balaban J connectivity index is 1.60. The summed E-state index contributed by atoms with van der Waals surface area (Å²) in [5.74, 6) is -0.632. The number of benzene rings is 4. The smallest absolute Gasteiger partial charge is 0.163 e. The van der Waals surface area contributed by atoms with Gasteiger partial charge in [-0.25, -0.2) is 0 Å². The van der Waals surface area contributed by atoms with Crippen LogP contribution in [-0.2, 0) is 0 Å². The average Bonchev–Trinajstić information content (AvgIpc) is 3.18. The highest BCUT2D eigenvalue weighted by molar-refractivity contribution is 14.2. The van der Waals surface area contributed by atoms with Crippen LogP contribution >= 0.6 is 27.9 Å². The molecule has 36 heavy (non-hydrogen) atoms. The molecule has 0 aliphatic carbocycles. The van der Waals surface area contributed by atoms with Gasteiger partial charge < -0.3 is 9.34 Å². The summed E-state index contributed by atoms with van der Waals surface area (Å²) >= 11 is 2.72. The van der Waals surface area contributed by atoms with Crippen LogP contribution < -0.4 is 0 Å². The van der Waals surface area contributed by atoms with Crippen LogP contribution in [0.25, 0.3) is 21.5 Å². The molecule has 1 aliphatic rings. The molecule has 4 aromatic rings. The molecular weight excluding hydrogens is 570 g/mol. The number of hydrogen-bond acceptors (Lipinski definition) is 2. The lowest BCUT2D eigenvalue weighted by molar-refractivity contribution is 0.213. The molecule has 4 heteroatoms. The summed E-state index contributed by atoms with van der Waals surface area (Å²) in [5.41, 5.74) is 2.95. The molecule has 1 aliphatic heterocycles. The van der Waals surface area contributed by atoms with Gasteiger partial charge in [0.1, 0.15) is 0 Å². The van der Waals surface area contributed by atoms with Crippen molar-refractivity contribution in [2.75, 3.05) is 0 Å². The predicted molar refractivity (Wildman–Crippen MR) is 166 cm³/mol. The summed E-state index contributed by atoms with van der Waals surface area (Å²) in [6.07, 6.45) is 4.72. The topological polar surface area (TPSA) is 6.48 Å². The SMILES string of the molecule is CC(C)(C)C(c1cccc2ccccc12)N1C=CN(C(c2cccc3ccccc23)C(C)(C)C)P1I. The molecule has 0 fully saturated rings. The molecule has 0 aromatic heterocycles. The number of hydrogen-bond donors (Lipinski definition) is 0. The van der Waals surface area contributed by atoms with Gasteiger partial charge in [-0.15, -0.1) is 0 Å². The first-order valence-corrected chi connectivity index (χ1v) is 16.8. The van der Waals surface area contributed by atoms with Gasteiger partial charge in [0.15, 0.2) is 5.87 Å². The van der Waals surface area contributed by atoms with Gasteiger partial charge in [-0.2, -0.15) is 0 Å². The fraction of sp³-hybridized carbons (Fsp3) is 0.312. The molecule has 0 radical (unpaired) electrons. The maximum atomic E-state index is 2.72. The van der Waals surface area contributed by atoms with E-state index in [2.05, 4.69) is 170 Å². The predicted octanol–water partition coefficient (Wildman–Crippen LogP) is 10.6. The molecule has 2 unspecified atom stereocenters. The zero-order chi connectivity index (χ0) is 25.7. The third-order valence-corrected chi connectivity index (χ3v) is 11.6. The Morgan fingerprint density at radius 2 is 0.917 bits per heavy atom. The van der Waals surface area contributed by atoms with E-state index in [9.17, 15) is 0 Å². The molecule has 2 nitrogen and oxygen atoms in total. The van der Waals surface area contributed by atoms with Crippen LogP contribution in [-0.4, -0.2) is 9.34 Å². The average molecular weight is 607 g/mol. The van der Waals surface area contributed by atoms with Crippen molar-refractivity contribution in [3.05, 3.63) is 108 Å². The van der Waals surface area contributed by atoms with Crippen LogP contribution in [0.2, 0.25) is 0 Å². The zero-order valence-corrected chi connectivity index (χ0v) is 25.2. The van der Waals surface area contributed by atoms with Gasteiger partial charge in [0, 0.05) is 12.4 Å². The second-order valence-electron chi connectivity index (χ2n) is 12.0. The summed E-state index contributed by atoms with van der Waals surface area (Å²) in [6, 6.07) is 31.7. The van der Waals surface area contributed by atoms with Crippen LogP contribution in [0, 0.1) is 10.8 Å². The van der Waals surface area contributed by atoms with Gasteiger partial charge >= 0.3 is 0 Å². The van der Waals surface area contributed by atoms with Gasteiger partial charge in [-0.3, -0.25) is 0 Å². The van der Waals surface area contributed by atoms with Crippen LogP contribution in [0.1, 0.15) is 64.8 Å². The van der Waals surface area contributed by atoms with E-state index in [4.69, 9.17) is 0 Å². The largest absolute Gasteiger partial charge is 0.323 e. The molecule has 0 bridgehead atoms. The summed E-state index contributed by atoms with van der Waals surface area (Å²) in [6.45, 7) is 14.3. The minimum Gasteiger partial charge on any atom is -0.323 e. The second-order valence-corrected chi connectivity index (χ2v) is 16.0. The van der Waals surface area contributed by atoms with E-state index in [1.54, 1.807) is 0 Å². The molecule has 0 saturated heterocycles. The highest BCUT2D eigenvalue weighted by Crippen LogP contribution is 2.67. The maximum Gasteiger partial charge on any atom is 0.163 e. The molecule has 0 spiro atoms. The molecule has 1 heterocycles. The lowest BCUT2D eigenvalue weighted by atomic mass is 9.80. The number of fused-ring (bicyclic) bond motifs is 2. The quantitative estimate of drug-likeness (QED) is 0.169. The van der Waals surface area contributed by atoms with Crippen LogP contribution in [0.4, 0.5) is 0 Å². The maximum absolute atomic E-state index is 2.72. The molecule has 0 saturated carbocycles. The van der Waals surface area contributed by atoms with Crippen LogP contribution in [0.3, 0.4) is 0 Å². The normalized spacial score (nSPS) is 18.2. The van der Waals surface area contributed by atoms with Crippen molar-refractivity contribution in [2.24, 2.45) is 10.8 Å². The summed E-state index contributed by atoms with van der Waals surface area (Å²) in [4.78, 5) is 0. The van der Waals surface area contributed by atoms with Crippen LogP contribution in [0.5, 0.6) is 0 Å². The zero-order valence-electron chi connectivity index (χ0n) is 22.1. The van der Waals surface area contributed by atoms with Crippen molar-refractivity contribution in [1.82, 2.24) is 9.34 Å². The van der Waals surface area contributed by atoms with E-state index >= 15 is 0 Å². The van der Waals surface area contributed by atoms with Crippen molar-refractivity contribution in [3.8, 4) is 0 Å². The molecule has 5 rings (SSSR count). The van der Waals surface area contributed by atoms with Crippen molar-refractivity contribution >= 4 is 49.5 Å². The fourth-order valence-electron chi connectivity index (χ4n) is 5.72. The molecule has 186 valence electrons. The fourth-order valence-corrected chi connectivity index (χ4v) is 9.98. The first-order valence-electron chi connectivity index (χ1n) is 12.7.